The van der Waals surface area contributed by atoms with Crippen LogP contribution in [-0.2, 0) is 20.9 Å². The number of anilines is 2. The topological polar surface area (TPSA) is 96.5 Å². The molecule has 0 spiro atoms. The molecule has 1 aliphatic heterocycles. The molecular weight excluding hydrogens is 406 g/mol. The first-order valence-corrected chi connectivity index (χ1v) is 11.3. The van der Waals surface area contributed by atoms with Gasteiger partial charge in [0.25, 0.3) is 11.8 Å². The van der Waals surface area contributed by atoms with Crippen LogP contribution in [0.5, 0.6) is 0 Å². The molecule has 1 unspecified atom stereocenters. The normalized spacial score (nSPS) is 18.3. The number of carbonyl (C=O) groups is 3. The second-order valence-electron chi connectivity index (χ2n) is 8.43. The molecule has 3 amide bonds. The molecule has 168 valence electrons. The third-order valence-electron chi connectivity index (χ3n) is 5.99. The number of hydrogen-bond donors (Lipinski definition) is 3. The Morgan fingerprint density at radius 2 is 1.56 bits per heavy atom. The first-order valence-electron chi connectivity index (χ1n) is 11.3. The zero-order valence-corrected chi connectivity index (χ0v) is 18.1. The quantitative estimate of drug-likeness (QED) is 0.615. The highest BCUT2D eigenvalue weighted by Gasteiger charge is 2.24. The van der Waals surface area contributed by atoms with Gasteiger partial charge in [-0.2, -0.15) is 0 Å². The van der Waals surface area contributed by atoms with Gasteiger partial charge >= 0.3 is 0 Å². The summed E-state index contributed by atoms with van der Waals surface area (Å²) in [6, 6.07) is 14.4. The van der Waals surface area contributed by atoms with Gasteiger partial charge in [-0.3, -0.25) is 14.4 Å². The molecule has 2 aliphatic rings. The Hall–Kier alpha value is -3.19. The van der Waals surface area contributed by atoms with E-state index in [4.69, 9.17) is 4.74 Å². The number of hydrogen-bond acceptors (Lipinski definition) is 4. The molecular formula is C25H29N3O4. The number of amides is 3. The van der Waals surface area contributed by atoms with Crippen LogP contribution in [-0.4, -0.2) is 30.4 Å². The van der Waals surface area contributed by atoms with E-state index < -0.39 is 6.10 Å². The van der Waals surface area contributed by atoms with Gasteiger partial charge in [-0.15, -0.1) is 0 Å². The molecule has 0 radical (unpaired) electrons. The van der Waals surface area contributed by atoms with Crippen LogP contribution < -0.4 is 16.0 Å². The average Bonchev–Trinajstić information content (AvgIpc) is 3.52. The fourth-order valence-corrected chi connectivity index (χ4v) is 4.22. The largest absolute Gasteiger partial charge is 0.368 e. The van der Waals surface area contributed by atoms with E-state index in [1.807, 2.05) is 24.3 Å². The predicted molar refractivity (Wildman–Crippen MR) is 122 cm³/mol. The van der Waals surface area contributed by atoms with Crippen LogP contribution in [0.2, 0.25) is 0 Å². The zero-order valence-electron chi connectivity index (χ0n) is 18.1. The highest BCUT2D eigenvalue weighted by atomic mass is 16.5. The third kappa shape index (κ3) is 5.73. The highest BCUT2D eigenvalue weighted by molar-refractivity contribution is 5.98. The van der Waals surface area contributed by atoms with Crippen molar-refractivity contribution < 1.29 is 19.1 Å². The second-order valence-corrected chi connectivity index (χ2v) is 8.43. The summed E-state index contributed by atoms with van der Waals surface area (Å²) in [5.74, 6) is -0.243. The summed E-state index contributed by atoms with van der Waals surface area (Å²) in [6.45, 7) is 0.935. The van der Waals surface area contributed by atoms with Gasteiger partial charge in [0, 0.05) is 36.0 Å². The molecule has 4 rings (SSSR count). The first-order chi connectivity index (χ1) is 15.6. The van der Waals surface area contributed by atoms with Crippen LogP contribution in [0.25, 0.3) is 0 Å². The molecule has 2 fully saturated rings. The van der Waals surface area contributed by atoms with E-state index in [9.17, 15) is 14.4 Å². The van der Waals surface area contributed by atoms with Gasteiger partial charge in [-0.1, -0.05) is 31.0 Å². The predicted octanol–water partition coefficient (Wildman–Crippen LogP) is 3.86. The number of nitrogens with one attached hydrogen (secondary N) is 3. The Kier molecular flexibility index (Phi) is 7.17. The number of ether oxygens (including phenoxy) is 1. The molecule has 1 atom stereocenters. The molecule has 32 heavy (non-hydrogen) atoms. The van der Waals surface area contributed by atoms with Crippen LogP contribution >= 0.6 is 0 Å². The lowest BCUT2D eigenvalue weighted by Crippen LogP contribution is -2.27. The molecule has 2 aromatic carbocycles. The van der Waals surface area contributed by atoms with Gasteiger partial charge in [-0.25, -0.2) is 0 Å². The van der Waals surface area contributed by atoms with Crippen molar-refractivity contribution in [2.75, 3.05) is 17.2 Å². The van der Waals surface area contributed by atoms with Crippen LogP contribution in [0.15, 0.2) is 48.5 Å². The number of carbonyl (C=O) groups excluding carboxylic acids is 3. The van der Waals surface area contributed by atoms with Crippen molar-refractivity contribution >= 4 is 29.1 Å². The zero-order chi connectivity index (χ0) is 22.3. The summed E-state index contributed by atoms with van der Waals surface area (Å²) in [5, 5.41) is 8.71. The molecule has 7 nitrogen and oxygen atoms in total. The minimum atomic E-state index is -0.422. The van der Waals surface area contributed by atoms with E-state index in [1.165, 1.54) is 0 Å². The standard InChI is InChI=1S/C25H29N3O4/c29-23(19-9-4-11-21(15-19)28-25(31)22-12-5-13-32-22)26-16-17-6-3-10-20(14-17)27-24(30)18-7-1-2-8-18/h3-4,6,9-11,14-15,18,22H,1-2,5,7-8,12-13,16H2,(H,26,29)(H,27,30)(H,28,31). The van der Waals surface area contributed by atoms with Crippen molar-refractivity contribution in [2.24, 2.45) is 5.92 Å². The van der Waals surface area contributed by atoms with Crippen molar-refractivity contribution in [3.8, 4) is 0 Å². The molecule has 3 N–H and O–H groups in total. The van der Waals surface area contributed by atoms with E-state index in [0.717, 1.165) is 43.4 Å². The monoisotopic (exact) mass is 435 g/mol. The summed E-state index contributed by atoms with van der Waals surface area (Å²) in [6.07, 6.45) is 5.31. The Bertz CT molecular complexity index is 979. The summed E-state index contributed by atoms with van der Waals surface area (Å²) in [4.78, 5) is 37.2. The van der Waals surface area contributed by atoms with Crippen LogP contribution in [0.4, 0.5) is 11.4 Å². The van der Waals surface area contributed by atoms with Gasteiger partial charge in [0.2, 0.25) is 5.91 Å². The lowest BCUT2D eigenvalue weighted by molar-refractivity contribution is -0.124. The minimum Gasteiger partial charge on any atom is -0.368 e. The minimum absolute atomic E-state index is 0.0746. The van der Waals surface area contributed by atoms with Crippen LogP contribution in [0, 0.1) is 5.92 Å². The van der Waals surface area contributed by atoms with Crippen molar-refractivity contribution in [1.29, 1.82) is 0 Å². The van der Waals surface area contributed by atoms with E-state index in [0.29, 0.717) is 30.8 Å². The Balaban J connectivity index is 1.31. The molecule has 1 heterocycles. The van der Waals surface area contributed by atoms with Gasteiger partial charge in [0.15, 0.2) is 0 Å². The lowest BCUT2D eigenvalue weighted by Gasteiger charge is -2.13. The molecule has 1 saturated heterocycles. The number of rotatable bonds is 7. The molecule has 0 aromatic heterocycles. The first kappa shape index (κ1) is 22.0. The van der Waals surface area contributed by atoms with Crippen molar-refractivity contribution in [1.82, 2.24) is 5.32 Å². The maximum atomic E-state index is 12.6. The molecule has 2 aromatic rings. The summed E-state index contributed by atoms with van der Waals surface area (Å²) < 4.78 is 5.40. The van der Waals surface area contributed by atoms with E-state index in [1.54, 1.807) is 24.3 Å². The van der Waals surface area contributed by atoms with Crippen LogP contribution in [0.3, 0.4) is 0 Å². The SMILES string of the molecule is O=C(NCc1cccc(NC(=O)C2CCCC2)c1)c1cccc(NC(=O)C2CCCO2)c1. The summed E-state index contributed by atoms with van der Waals surface area (Å²) in [5.41, 5.74) is 2.66. The van der Waals surface area contributed by atoms with Gasteiger partial charge in [-0.05, 0) is 61.6 Å². The van der Waals surface area contributed by atoms with Crippen molar-refractivity contribution in [3.63, 3.8) is 0 Å². The van der Waals surface area contributed by atoms with E-state index in [2.05, 4.69) is 16.0 Å². The van der Waals surface area contributed by atoms with Gasteiger partial charge in [0.05, 0.1) is 0 Å². The van der Waals surface area contributed by atoms with Crippen molar-refractivity contribution in [2.45, 2.75) is 51.2 Å². The number of benzene rings is 2. The molecule has 7 heteroatoms. The summed E-state index contributed by atoms with van der Waals surface area (Å²) >= 11 is 0. The van der Waals surface area contributed by atoms with E-state index in [-0.39, 0.29) is 23.6 Å². The maximum Gasteiger partial charge on any atom is 0.253 e. The van der Waals surface area contributed by atoms with Gasteiger partial charge < -0.3 is 20.7 Å². The molecule has 1 aliphatic carbocycles. The lowest BCUT2D eigenvalue weighted by atomic mass is 10.1. The fourth-order valence-electron chi connectivity index (χ4n) is 4.22. The third-order valence-corrected chi connectivity index (χ3v) is 5.99. The highest BCUT2D eigenvalue weighted by Crippen LogP contribution is 2.26. The smallest absolute Gasteiger partial charge is 0.253 e. The average molecular weight is 436 g/mol. The fraction of sp³-hybridized carbons (Fsp3) is 0.400. The Labute approximate surface area is 187 Å². The maximum absolute atomic E-state index is 12.6. The van der Waals surface area contributed by atoms with E-state index >= 15 is 0 Å². The Morgan fingerprint density at radius 1 is 0.844 bits per heavy atom. The molecule has 0 bridgehead atoms. The Morgan fingerprint density at radius 3 is 2.31 bits per heavy atom. The summed E-state index contributed by atoms with van der Waals surface area (Å²) in [7, 11) is 0. The van der Waals surface area contributed by atoms with Crippen LogP contribution in [0.1, 0.15) is 54.4 Å². The second kappa shape index (κ2) is 10.4. The molecule has 1 saturated carbocycles. The van der Waals surface area contributed by atoms with Gasteiger partial charge in [0.1, 0.15) is 6.10 Å². The van der Waals surface area contributed by atoms with Crippen molar-refractivity contribution in [3.05, 3.63) is 59.7 Å².